The van der Waals surface area contributed by atoms with Crippen LogP contribution in [0.1, 0.15) is 66.2 Å². The van der Waals surface area contributed by atoms with Crippen molar-refractivity contribution in [2.24, 2.45) is 0 Å². The van der Waals surface area contributed by atoms with E-state index >= 15 is 0 Å². The number of hydrogen-bond donors (Lipinski definition) is 5. The zero-order chi connectivity index (χ0) is 22.6. The smallest absolute Gasteiger partial charge is 0.336 e. The Kier molecular flexibility index (Phi) is 17.7. The number of rotatable bonds is 15. The Morgan fingerprint density at radius 1 is 0.833 bits per heavy atom. The Bertz CT molecular complexity index is 568. The Balaban J connectivity index is 0.000000710. The molecule has 0 heterocycles. The zero-order valence-corrected chi connectivity index (χ0v) is 18.1. The fourth-order valence-electron chi connectivity index (χ4n) is 2.83. The van der Waals surface area contributed by atoms with E-state index in [-0.39, 0.29) is 36.9 Å². The summed E-state index contributed by atoms with van der Waals surface area (Å²) in [6.45, 7) is 4.53. The molecule has 0 aliphatic carbocycles. The predicted octanol–water partition coefficient (Wildman–Crippen LogP) is 1.74. The molecule has 0 aromatic heterocycles. The molecular weight excluding hydrogens is 388 g/mol. The standard InChI is InChI=1S/C16H23NO3.C6H15NO3/c1-2-3-4-5-6-9-12-17-15(18)13-10-7-8-11-14(13)16(19)20;8-4-1-7(2-5-9)3-6-10/h7-8,10-11H,2-6,9,12H2,1H3,(H,17,18)(H,19,20);8-10H,1-6H2. The van der Waals surface area contributed by atoms with E-state index < -0.39 is 5.97 Å². The van der Waals surface area contributed by atoms with Crippen molar-refractivity contribution in [3.8, 4) is 0 Å². The maximum Gasteiger partial charge on any atom is 0.336 e. The first-order valence-electron chi connectivity index (χ1n) is 10.7. The number of unbranched alkanes of at least 4 members (excludes halogenated alkanes) is 5. The first kappa shape index (κ1) is 28.0. The Morgan fingerprint density at radius 2 is 1.33 bits per heavy atom. The summed E-state index contributed by atoms with van der Waals surface area (Å²) in [6, 6.07) is 6.28. The summed E-state index contributed by atoms with van der Waals surface area (Å²) >= 11 is 0. The second-order valence-corrected chi connectivity index (χ2v) is 6.89. The van der Waals surface area contributed by atoms with Crippen LogP contribution in [-0.2, 0) is 0 Å². The first-order valence-corrected chi connectivity index (χ1v) is 10.7. The Hall–Kier alpha value is -2.00. The van der Waals surface area contributed by atoms with Crippen molar-refractivity contribution >= 4 is 11.9 Å². The number of nitrogens with one attached hydrogen (secondary N) is 1. The number of amides is 1. The molecule has 1 rings (SSSR count). The number of carbonyl (C=O) groups is 2. The molecule has 0 aliphatic heterocycles. The number of carboxylic acid groups (broad SMARTS) is 1. The molecule has 1 amide bonds. The monoisotopic (exact) mass is 426 g/mol. The van der Waals surface area contributed by atoms with Crippen molar-refractivity contribution in [3.05, 3.63) is 35.4 Å². The Morgan fingerprint density at radius 3 is 1.83 bits per heavy atom. The van der Waals surface area contributed by atoms with Crippen LogP contribution in [0.2, 0.25) is 0 Å². The quantitative estimate of drug-likeness (QED) is 0.270. The van der Waals surface area contributed by atoms with E-state index in [9.17, 15) is 9.59 Å². The molecule has 0 saturated carbocycles. The number of aliphatic hydroxyl groups is 3. The van der Waals surface area contributed by atoms with Gasteiger partial charge in [-0.2, -0.15) is 0 Å². The van der Waals surface area contributed by atoms with Crippen LogP contribution in [0.5, 0.6) is 0 Å². The fourth-order valence-corrected chi connectivity index (χ4v) is 2.83. The van der Waals surface area contributed by atoms with Gasteiger partial charge in [0.2, 0.25) is 0 Å². The lowest BCUT2D eigenvalue weighted by molar-refractivity contribution is 0.0691. The van der Waals surface area contributed by atoms with Crippen molar-refractivity contribution < 1.29 is 30.0 Å². The van der Waals surface area contributed by atoms with E-state index in [1.54, 1.807) is 23.1 Å². The van der Waals surface area contributed by atoms with Gasteiger partial charge in [0.05, 0.1) is 30.9 Å². The van der Waals surface area contributed by atoms with Gasteiger partial charge in [-0.1, -0.05) is 51.2 Å². The highest BCUT2D eigenvalue weighted by Crippen LogP contribution is 2.09. The van der Waals surface area contributed by atoms with Crippen LogP contribution >= 0.6 is 0 Å². The van der Waals surface area contributed by atoms with E-state index in [1.807, 2.05) is 0 Å². The molecule has 0 spiro atoms. The largest absolute Gasteiger partial charge is 0.478 e. The van der Waals surface area contributed by atoms with Crippen LogP contribution < -0.4 is 5.32 Å². The second kappa shape index (κ2) is 19.0. The second-order valence-electron chi connectivity index (χ2n) is 6.89. The van der Waals surface area contributed by atoms with Gasteiger partial charge in [-0.25, -0.2) is 4.79 Å². The van der Waals surface area contributed by atoms with Crippen LogP contribution in [0.15, 0.2) is 24.3 Å². The van der Waals surface area contributed by atoms with Gasteiger partial charge in [0, 0.05) is 26.2 Å². The highest BCUT2D eigenvalue weighted by atomic mass is 16.4. The topological polar surface area (TPSA) is 130 Å². The molecule has 1 aromatic carbocycles. The Labute approximate surface area is 179 Å². The number of benzene rings is 1. The molecule has 0 fully saturated rings. The number of carbonyl (C=O) groups excluding carboxylic acids is 1. The third-order valence-corrected chi connectivity index (χ3v) is 4.47. The minimum Gasteiger partial charge on any atom is -0.478 e. The summed E-state index contributed by atoms with van der Waals surface area (Å²) in [4.78, 5) is 24.7. The van der Waals surface area contributed by atoms with Crippen molar-refractivity contribution in [1.29, 1.82) is 0 Å². The van der Waals surface area contributed by atoms with E-state index in [4.69, 9.17) is 20.4 Å². The normalized spacial score (nSPS) is 10.4. The number of hydrogen-bond acceptors (Lipinski definition) is 6. The van der Waals surface area contributed by atoms with Crippen molar-refractivity contribution in [2.75, 3.05) is 46.0 Å². The number of aliphatic hydroxyl groups excluding tert-OH is 3. The van der Waals surface area contributed by atoms with Gasteiger partial charge in [-0.15, -0.1) is 0 Å². The summed E-state index contributed by atoms with van der Waals surface area (Å²) in [5.74, 6) is -1.38. The minimum absolute atomic E-state index is 0.0490. The van der Waals surface area contributed by atoms with Gasteiger partial charge in [-0.3, -0.25) is 9.69 Å². The summed E-state index contributed by atoms with van der Waals surface area (Å²) in [6.07, 6.45) is 6.95. The van der Waals surface area contributed by atoms with Crippen molar-refractivity contribution in [2.45, 2.75) is 45.4 Å². The SMILES string of the molecule is CCCCCCCCNC(=O)c1ccccc1C(=O)O.OCCN(CCO)CCO. The summed E-state index contributed by atoms with van der Waals surface area (Å²) in [7, 11) is 0. The number of nitrogens with zero attached hydrogens (tertiary/aromatic N) is 1. The molecule has 0 aliphatic rings. The highest BCUT2D eigenvalue weighted by Gasteiger charge is 2.14. The molecule has 8 heteroatoms. The zero-order valence-electron chi connectivity index (χ0n) is 18.1. The number of carboxylic acids is 1. The van der Waals surface area contributed by atoms with Crippen LogP contribution in [-0.4, -0.2) is 83.2 Å². The van der Waals surface area contributed by atoms with Gasteiger partial charge in [0.25, 0.3) is 5.91 Å². The molecule has 172 valence electrons. The number of aromatic carboxylic acids is 1. The van der Waals surface area contributed by atoms with Crippen LogP contribution in [0, 0.1) is 0 Å². The molecule has 1 aromatic rings. The van der Waals surface area contributed by atoms with E-state index in [0.29, 0.717) is 26.2 Å². The highest BCUT2D eigenvalue weighted by molar-refractivity contribution is 6.04. The third-order valence-electron chi connectivity index (χ3n) is 4.47. The fraction of sp³-hybridized carbons (Fsp3) is 0.636. The summed E-state index contributed by atoms with van der Waals surface area (Å²) in [5.41, 5.74) is 0.277. The van der Waals surface area contributed by atoms with Gasteiger partial charge in [0.15, 0.2) is 0 Å². The molecule has 5 N–H and O–H groups in total. The van der Waals surface area contributed by atoms with Crippen LogP contribution in [0.25, 0.3) is 0 Å². The average molecular weight is 427 g/mol. The molecule has 0 unspecified atom stereocenters. The van der Waals surface area contributed by atoms with Crippen LogP contribution in [0.3, 0.4) is 0 Å². The van der Waals surface area contributed by atoms with E-state index in [2.05, 4.69) is 12.2 Å². The summed E-state index contributed by atoms with van der Waals surface area (Å²) < 4.78 is 0. The lowest BCUT2D eigenvalue weighted by Crippen LogP contribution is -2.32. The molecule has 8 nitrogen and oxygen atoms in total. The molecule has 0 bridgehead atoms. The summed E-state index contributed by atoms with van der Waals surface area (Å²) in [5, 5.41) is 37.3. The van der Waals surface area contributed by atoms with Gasteiger partial charge >= 0.3 is 5.97 Å². The lowest BCUT2D eigenvalue weighted by atomic mass is 10.1. The molecule has 0 atom stereocenters. The van der Waals surface area contributed by atoms with Crippen molar-refractivity contribution in [3.63, 3.8) is 0 Å². The maximum absolute atomic E-state index is 11.9. The molecule has 0 saturated heterocycles. The third kappa shape index (κ3) is 13.3. The van der Waals surface area contributed by atoms with Gasteiger partial charge in [0.1, 0.15) is 0 Å². The van der Waals surface area contributed by atoms with Gasteiger partial charge < -0.3 is 25.7 Å². The first-order chi connectivity index (χ1) is 14.5. The van der Waals surface area contributed by atoms with E-state index in [1.165, 1.54) is 31.7 Å². The predicted molar refractivity (Wildman–Crippen MR) is 117 cm³/mol. The average Bonchev–Trinajstić information content (AvgIpc) is 2.74. The lowest BCUT2D eigenvalue weighted by Gasteiger charge is -2.17. The van der Waals surface area contributed by atoms with Crippen LogP contribution in [0.4, 0.5) is 0 Å². The van der Waals surface area contributed by atoms with E-state index in [0.717, 1.165) is 12.8 Å². The molecular formula is C22H38N2O6. The van der Waals surface area contributed by atoms with Crippen molar-refractivity contribution in [1.82, 2.24) is 10.2 Å². The van der Waals surface area contributed by atoms with Gasteiger partial charge in [-0.05, 0) is 18.6 Å². The maximum atomic E-state index is 11.9. The molecule has 30 heavy (non-hydrogen) atoms. The molecule has 0 radical (unpaired) electrons. The minimum atomic E-state index is -1.07.